The van der Waals surface area contributed by atoms with E-state index >= 15 is 0 Å². The largest absolute Gasteiger partial charge is 0.479 e. The summed E-state index contributed by atoms with van der Waals surface area (Å²) in [6, 6.07) is 7.10. The van der Waals surface area contributed by atoms with Crippen molar-refractivity contribution in [3.63, 3.8) is 0 Å². The number of ether oxygens (including phenoxy) is 1. The summed E-state index contributed by atoms with van der Waals surface area (Å²) in [4.78, 5) is 36.3. The third kappa shape index (κ3) is 4.53. The van der Waals surface area contributed by atoms with Gasteiger partial charge in [0.15, 0.2) is 6.10 Å². The summed E-state index contributed by atoms with van der Waals surface area (Å²) in [5, 5.41) is 11.5. The molecule has 0 aliphatic carbocycles. The van der Waals surface area contributed by atoms with E-state index in [1.807, 2.05) is 6.07 Å². The Kier molecular flexibility index (Phi) is 5.70. The summed E-state index contributed by atoms with van der Waals surface area (Å²) in [5.41, 5.74) is 1.44. The smallest absolute Gasteiger partial charge is 0.334 e. The van der Waals surface area contributed by atoms with Crippen molar-refractivity contribution in [3.8, 4) is 0 Å². The summed E-state index contributed by atoms with van der Waals surface area (Å²) >= 11 is 0. The third-order valence-corrected chi connectivity index (χ3v) is 3.74. The van der Waals surface area contributed by atoms with Crippen molar-refractivity contribution in [1.82, 2.24) is 10.2 Å². The van der Waals surface area contributed by atoms with Crippen LogP contribution in [0, 0.1) is 0 Å². The molecule has 1 aliphatic rings. The van der Waals surface area contributed by atoms with Crippen LogP contribution in [0.1, 0.15) is 22.3 Å². The van der Waals surface area contributed by atoms with Gasteiger partial charge >= 0.3 is 5.97 Å². The molecule has 7 heteroatoms. The maximum absolute atomic E-state index is 12.2. The van der Waals surface area contributed by atoms with Crippen LogP contribution in [0.25, 0.3) is 0 Å². The molecule has 0 radical (unpaired) electrons. The number of benzene rings is 1. The van der Waals surface area contributed by atoms with Gasteiger partial charge in [-0.3, -0.25) is 9.59 Å². The predicted octanol–water partition coefficient (Wildman–Crippen LogP) is 0.291. The second-order valence-electron chi connectivity index (χ2n) is 5.32. The molecule has 1 aromatic carbocycles. The van der Waals surface area contributed by atoms with Gasteiger partial charge in [-0.05, 0) is 24.1 Å². The van der Waals surface area contributed by atoms with Gasteiger partial charge in [-0.15, -0.1) is 0 Å². The standard InChI is InChI=1S/C16H20N2O5/c1-17-15(20)12-4-2-3-11(9-12)5-6-14(19)18-7-8-23-13(10-18)16(21)22/h2-4,9,13H,5-8,10H2,1H3,(H,17,20)(H,21,22). The zero-order chi connectivity index (χ0) is 16.8. The highest BCUT2D eigenvalue weighted by Gasteiger charge is 2.28. The first-order valence-corrected chi connectivity index (χ1v) is 7.44. The molecule has 7 nitrogen and oxygen atoms in total. The monoisotopic (exact) mass is 320 g/mol. The molecule has 1 fully saturated rings. The highest BCUT2D eigenvalue weighted by atomic mass is 16.5. The van der Waals surface area contributed by atoms with Crippen LogP contribution in [0.4, 0.5) is 0 Å². The average Bonchev–Trinajstić information content (AvgIpc) is 2.59. The van der Waals surface area contributed by atoms with E-state index in [2.05, 4.69) is 5.32 Å². The fraction of sp³-hybridized carbons (Fsp3) is 0.438. The quantitative estimate of drug-likeness (QED) is 0.813. The minimum absolute atomic E-state index is 0.0758. The summed E-state index contributed by atoms with van der Waals surface area (Å²) in [6.45, 7) is 0.711. The molecule has 2 amide bonds. The first kappa shape index (κ1) is 17.0. The lowest BCUT2D eigenvalue weighted by Gasteiger charge is -2.31. The van der Waals surface area contributed by atoms with Gasteiger partial charge in [0.05, 0.1) is 13.2 Å². The van der Waals surface area contributed by atoms with E-state index in [0.29, 0.717) is 18.5 Å². The molecule has 1 saturated heterocycles. The topological polar surface area (TPSA) is 95.9 Å². The first-order valence-electron chi connectivity index (χ1n) is 7.44. The number of carboxylic acid groups (broad SMARTS) is 1. The van der Waals surface area contributed by atoms with Gasteiger partial charge in [0.1, 0.15) is 0 Å². The average molecular weight is 320 g/mol. The molecule has 2 N–H and O–H groups in total. The second-order valence-corrected chi connectivity index (χ2v) is 5.32. The Hall–Kier alpha value is -2.41. The number of rotatable bonds is 5. The zero-order valence-corrected chi connectivity index (χ0v) is 12.9. The van der Waals surface area contributed by atoms with E-state index in [1.54, 1.807) is 25.2 Å². The number of nitrogens with zero attached hydrogens (tertiary/aromatic N) is 1. The number of carbonyl (C=O) groups is 3. The molecular formula is C16H20N2O5. The van der Waals surface area contributed by atoms with Crippen LogP contribution in [0.2, 0.25) is 0 Å². The van der Waals surface area contributed by atoms with Gasteiger partial charge in [0, 0.05) is 25.6 Å². The lowest BCUT2D eigenvalue weighted by molar-refractivity contribution is -0.159. The minimum Gasteiger partial charge on any atom is -0.479 e. The highest BCUT2D eigenvalue weighted by Crippen LogP contribution is 2.11. The lowest BCUT2D eigenvalue weighted by atomic mass is 10.1. The molecular weight excluding hydrogens is 300 g/mol. The highest BCUT2D eigenvalue weighted by molar-refractivity contribution is 5.94. The third-order valence-electron chi connectivity index (χ3n) is 3.74. The molecule has 1 atom stereocenters. The Balaban J connectivity index is 1.91. The molecule has 1 aromatic rings. The molecule has 1 heterocycles. The summed E-state index contributed by atoms with van der Waals surface area (Å²) in [7, 11) is 1.57. The van der Waals surface area contributed by atoms with Crippen molar-refractivity contribution in [2.45, 2.75) is 18.9 Å². The Morgan fingerprint density at radius 1 is 1.39 bits per heavy atom. The Morgan fingerprint density at radius 2 is 2.17 bits per heavy atom. The Bertz CT molecular complexity index is 602. The number of amides is 2. The molecule has 1 aliphatic heterocycles. The number of hydrogen-bond acceptors (Lipinski definition) is 4. The van der Waals surface area contributed by atoms with Crippen LogP contribution >= 0.6 is 0 Å². The molecule has 124 valence electrons. The Labute approximate surface area is 134 Å². The molecule has 0 aromatic heterocycles. The minimum atomic E-state index is -1.05. The fourth-order valence-corrected chi connectivity index (χ4v) is 2.45. The number of carboxylic acids is 1. The fourth-order valence-electron chi connectivity index (χ4n) is 2.45. The van der Waals surface area contributed by atoms with Gasteiger partial charge in [0.25, 0.3) is 5.91 Å². The first-order chi connectivity index (χ1) is 11.0. The number of morpholine rings is 1. The SMILES string of the molecule is CNC(=O)c1cccc(CCC(=O)N2CCOC(C(=O)O)C2)c1. The van der Waals surface area contributed by atoms with Crippen LogP contribution in [-0.4, -0.2) is 60.6 Å². The number of carbonyl (C=O) groups excluding carboxylic acids is 2. The number of hydrogen-bond donors (Lipinski definition) is 2. The van der Waals surface area contributed by atoms with Gasteiger partial charge in [-0.1, -0.05) is 12.1 Å². The van der Waals surface area contributed by atoms with E-state index in [4.69, 9.17) is 9.84 Å². The zero-order valence-electron chi connectivity index (χ0n) is 12.9. The van der Waals surface area contributed by atoms with E-state index in [0.717, 1.165) is 5.56 Å². The molecule has 1 unspecified atom stereocenters. The predicted molar refractivity (Wildman–Crippen MR) is 82.1 cm³/mol. The number of aliphatic carboxylic acids is 1. The lowest BCUT2D eigenvalue weighted by Crippen LogP contribution is -2.48. The van der Waals surface area contributed by atoms with E-state index < -0.39 is 12.1 Å². The van der Waals surface area contributed by atoms with Crippen LogP contribution in [-0.2, 0) is 20.7 Å². The van der Waals surface area contributed by atoms with Crippen molar-refractivity contribution < 1.29 is 24.2 Å². The molecule has 0 spiro atoms. The van der Waals surface area contributed by atoms with Crippen LogP contribution in [0.5, 0.6) is 0 Å². The van der Waals surface area contributed by atoms with Gasteiger partial charge in [0.2, 0.25) is 5.91 Å². The van der Waals surface area contributed by atoms with Crippen molar-refractivity contribution in [2.75, 3.05) is 26.7 Å². The molecule has 0 saturated carbocycles. The summed E-state index contributed by atoms with van der Waals surface area (Å²) in [5.74, 6) is -1.33. The molecule has 2 rings (SSSR count). The number of nitrogens with one attached hydrogen (secondary N) is 1. The van der Waals surface area contributed by atoms with Crippen molar-refractivity contribution in [3.05, 3.63) is 35.4 Å². The number of aryl methyl sites for hydroxylation is 1. The van der Waals surface area contributed by atoms with Gasteiger partial charge < -0.3 is 20.1 Å². The van der Waals surface area contributed by atoms with Gasteiger partial charge in [-0.2, -0.15) is 0 Å². The second kappa shape index (κ2) is 7.73. The summed E-state index contributed by atoms with van der Waals surface area (Å²) in [6.07, 6.45) is -0.188. The Morgan fingerprint density at radius 3 is 2.87 bits per heavy atom. The van der Waals surface area contributed by atoms with E-state index in [1.165, 1.54) is 4.90 Å². The van der Waals surface area contributed by atoms with Crippen molar-refractivity contribution >= 4 is 17.8 Å². The molecule has 23 heavy (non-hydrogen) atoms. The van der Waals surface area contributed by atoms with E-state index in [-0.39, 0.29) is 31.4 Å². The maximum atomic E-state index is 12.2. The van der Waals surface area contributed by atoms with Crippen LogP contribution in [0.3, 0.4) is 0 Å². The van der Waals surface area contributed by atoms with Crippen LogP contribution in [0.15, 0.2) is 24.3 Å². The normalized spacial score (nSPS) is 17.6. The van der Waals surface area contributed by atoms with Gasteiger partial charge in [-0.25, -0.2) is 4.79 Å². The van der Waals surface area contributed by atoms with Crippen molar-refractivity contribution in [2.24, 2.45) is 0 Å². The molecule has 0 bridgehead atoms. The van der Waals surface area contributed by atoms with Crippen molar-refractivity contribution in [1.29, 1.82) is 0 Å². The van der Waals surface area contributed by atoms with Crippen LogP contribution < -0.4 is 5.32 Å². The maximum Gasteiger partial charge on any atom is 0.334 e. The van der Waals surface area contributed by atoms with E-state index in [9.17, 15) is 14.4 Å². The summed E-state index contributed by atoms with van der Waals surface area (Å²) < 4.78 is 5.10.